The fourth-order valence-electron chi connectivity index (χ4n) is 2.16. The third-order valence-corrected chi connectivity index (χ3v) is 5.11. The van der Waals surface area contributed by atoms with E-state index in [0.717, 1.165) is 12.8 Å². The molecule has 0 aliphatic carbocycles. The van der Waals surface area contributed by atoms with Crippen LogP contribution < -0.4 is 14.8 Å². The van der Waals surface area contributed by atoms with E-state index >= 15 is 0 Å². The zero-order chi connectivity index (χ0) is 17.6. The Labute approximate surface area is 138 Å². The zero-order valence-electron chi connectivity index (χ0n) is 14.3. The van der Waals surface area contributed by atoms with Crippen LogP contribution in [0.5, 0.6) is 5.75 Å². The Kier molecular flexibility index (Phi) is 7.02. The molecule has 0 aromatic heterocycles. The quantitative estimate of drug-likeness (QED) is 0.759. The molecule has 0 aliphatic heterocycles. The molecule has 6 nitrogen and oxygen atoms in total. The molecule has 1 amide bonds. The largest absolute Gasteiger partial charge is 0.495 e. The van der Waals surface area contributed by atoms with E-state index in [-0.39, 0.29) is 28.6 Å². The minimum Gasteiger partial charge on any atom is -0.495 e. The maximum Gasteiger partial charge on any atom is 0.251 e. The molecule has 1 aromatic rings. The molecule has 0 heterocycles. The summed E-state index contributed by atoms with van der Waals surface area (Å²) in [5.74, 6) is -0.0837. The standard InChI is InChI=1S/C16H26N2O4S/c1-6-13(7-2)17-16(19)12-8-9-14(22-5)15(10-12)23(20,21)18-11(3)4/h8-11,13,18H,6-7H2,1-5H3,(H,17,19). The van der Waals surface area contributed by atoms with Crippen molar-refractivity contribution in [3.05, 3.63) is 23.8 Å². The lowest BCUT2D eigenvalue weighted by Gasteiger charge is -2.16. The van der Waals surface area contributed by atoms with Gasteiger partial charge in [-0.2, -0.15) is 0 Å². The first-order valence-electron chi connectivity index (χ1n) is 7.76. The van der Waals surface area contributed by atoms with Crippen LogP contribution in [0.3, 0.4) is 0 Å². The Bertz CT molecular complexity index is 637. The van der Waals surface area contributed by atoms with Gasteiger partial charge in [0.05, 0.1) is 7.11 Å². The van der Waals surface area contributed by atoms with Gasteiger partial charge in [0, 0.05) is 17.6 Å². The van der Waals surface area contributed by atoms with E-state index in [2.05, 4.69) is 10.0 Å². The highest BCUT2D eigenvalue weighted by Gasteiger charge is 2.22. The molecule has 1 aromatic carbocycles. The molecule has 0 atom stereocenters. The molecule has 0 radical (unpaired) electrons. The lowest BCUT2D eigenvalue weighted by Crippen LogP contribution is -2.34. The first kappa shape index (κ1) is 19.4. The summed E-state index contributed by atoms with van der Waals surface area (Å²) < 4.78 is 32.4. The lowest BCUT2D eigenvalue weighted by atomic mass is 10.1. The molecular weight excluding hydrogens is 316 g/mol. The highest BCUT2D eigenvalue weighted by Crippen LogP contribution is 2.25. The number of methoxy groups -OCH3 is 1. The van der Waals surface area contributed by atoms with Crippen molar-refractivity contribution in [2.24, 2.45) is 0 Å². The molecule has 0 spiro atoms. The van der Waals surface area contributed by atoms with Crippen molar-refractivity contribution in [2.75, 3.05) is 7.11 Å². The minimum atomic E-state index is -3.75. The van der Waals surface area contributed by atoms with Gasteiger partial charge in [-0.05, 0) is 44.9 Å². The van der Waals surface area contributed by atoms with Crippen molar-refractivity contribution in [3.63, 3.8) is 0 Å². The number of hydrogen-bond donors (Lipinski definition) is 2. The molecule has 0 saturated carbocycles. The topological polar surface area (TPSA) is 84.5 Å². The Balaban J connectivity index is 3.20. The average Bonchev–Trinajstić information content (AvgIpc) is 2.50. The summed E-state index contributed by atoms with van der Waals surface area (Å²) in [5.41, 5.74) is 0.293. The highest BCUT2D eigenvalue weighted by atomic mass is 32.2. The van der Waals surface area contributed by atoms with Gasteiger partial charge in [0.25, 0.3) is 5.91 Å². The van der Waals surface area contributed by atoms with Crippen LogP contribution in [0.2, 0.25) is 0 Å². The molecule has 7 heteroatoms. The van der Waals surface area contributed by atoms with Crippen LogP contribution in [-0.2, 0) is 10.0 Å². The van der Waals surface area contributed by atoms with Gasteiger partial charge in [0.2, 0.25) is 10.0 Å². The molecule has 1 rings (SSSR count). The van der Waals surface area contributed by atoms with Crippen molar-refractivity contribution in [1.29, 1.82) is 0 Å². The van der Waals surface area contributed by atoms with Crippen molar-refractivity contribution in [2.45, 2.75) is 57.5 Å². The number of nitrogens with one attached hydrogen (secondary N) is 2. The van der Waals surface area contributed by atoms with E-state index in [1.54, 1.807) is 19.9 Å². The number of rotatable bonds is 8. The minimum absolute atomic E-state index is 0.0362. The van der Waals surface area contributed by atoms with Crippen LogP contribution in [0.15, 0.2) is 23.1 Å². The van der Waals surface area contributed by atoms with E-state index in [9.17, 15) is 13.2 Å². The van der Waals surface area contributed by atoms with E-state index in [1.807, 2.05) is 13.8 Å². The van der Waals surface area contributed by atoms with E-state index in [4.69, 9.17) is 4.74 Å². The molecule has 0 saturated heterocycles. The molecule has 2 N–H and O–H groups in total. The second-order valence-electron chi connectivity index (χ2n) is 5.63. The molecule has 0 aliphatic rings. The van der Waals surface area contributed by atoms with Crippen molar-refractivity contribution in [1.82, 2.24) is 10.0 Å². The predicted octanol–water partition coefficient (Wildman–Crippen LogP) is 2.30. The number of ether oxygens (including phenoxy) is 1. The maximum atomic E-state index is 12.4. The van der Waals surface area contributed by atoms with Gasteiger partial charge in [-0.1, -0.05) is 13.8 Å². The highest BCUT2D eigenvalue weighted by molar-refractivity contribution is 7.89. The van der Waals surface area contributed by atoms with E-state index in [1.165, 1.54) is 19.2 Å². The molecular formula is C16H26N2O4S. The Morgan fingerprint density at radius 2 is 1.83 bits per heavy atom. The molecule has 0 unspecified atom stereocenters. The number of hydrogen-bond acceptors (Lipinski definition) is 4. The number of carbonyl (C=O) groups excluding carboxylic acids is 1. The molecule has 0 bridgehead atoms. The lowest BCUT2D eigenvalue weighted by molar-refractivity contribution is 0.0934. The summed E-state index contributed by atoms with van der Waals surface area (Å²) in [6.07, 6.45) is 1.64. The summed E-state index contributed by atoms with van der Waals surface area (Å²) in [6.45, 7) is 7.44. The SMILES string of the molecule is CCC(CC)NC(=O)c1ccc(OC)c(S(=O)(=O)NC(C)C)c1. The van der Waals surface area contributed by atoms with Crippen LogP contribution >= 0.6 is 0 Å². The van der Waals surface area contributed by atoms with Gasteiger partial charge in [0.15, 0.2) is 0 Å². The summed E-state index contributed by atoms with van der Waals surface area (Å²) >= 11 is 0. The van der Waals surface area contributed by atoms with Crippen LogP contribution in [0, 0.1) is 0 Å². The Hall–Kier alpha value is -1.60. The summed E-state index contributed by atoms with van der Waals surface area (Å²) in [6, 6.07) is 4.22. The number of sulfonamides is 1. The number of benzene rings is 1. The second kappa shape index (κ2) is 8.31. The molecule has 23 heavy (non-hydrogen) atoms. The fraction of sp³-hybridized carbons (Fsp3) is 0.562. The smallest absolute Gasteiger partial charge is 0.251 e. The van der Waals surface area contributed by atoms with Gasteiger partial charge in [-0.15, -0.1) is 0 Å². The number of amides is 1. The van der Waals surface area contributed by atoms with Crippen LogP contribution in [-0.4, -0.2) is 33.5 Å². The summed E-state index contributed by atoms with van der Waals surface area (Å²) in [7, 11) is -2.36. The normalized spacial score (nSPS) is 11.8. The van der Waals surface area contributed by atoms with Gasteiger partial charge in [-0.25, -0.2) is 13.1 Å². The van der Waals surface area contributed by atoms with Gasteiger partial charge < -0.3 is 10.1 Å². The van der Waals surface area contributed by atoms with Gasteiger partial charge in [-0.3, -0.25) is 4.79 Å². The predicted molar refractivity (Wildman–Crippen MR) is 90.3 cm³/mol. The summed E-state index contributed by atoms with van der Waals surface area (Å²) in [4.78, 5) is 12.3. The maximum absolute atomic E-state index is 12.4. The van der Waals surface area contributed by atoms with Crippen molar-refractivity contribution in [3.8, 4) is 5.75 Å². The first-order valence-corrected chi connectivity index (χ1v) is 9.24. The van der Waals surface area contributed by atoms with E-state index < -0.39 is 10.0 Å². The fourth-order valence-corrected chi connectivity index (χ4v) is 3.61. The van der Waals surface area contributed by atoms with Crippen molar-refractivity contribution < 1.29 is 17.9 Å². The third kappa shape index (κ3) is 5.21. The first-order chi connectivity index (χ1) is 10.7. The zero-order valence-corrected chi connectivity index (χ0v) is 15.2. The Morgan fingerprint density at radius 3 is 2.30 bits per heavy atom. The average molecular weight is 342 g/mol. The van der Waals surface area contributed by atoms with Crippen molar-refractivity contribution >= 4 is 15.9 Å². The Morgan fingerprint density at radius 1 is 1.22 bits per heavy atom. The summed E-state index contributed by atoms with van der Waals surface area (Å²) in [5, 5.41) is 2.89. The van der Waals surface area contributed by atoms with E-state index in [0.29, 0.717) is 5.56 Å². The van der Waals surface area contributed by atoms with Crippen LogP contribution in [0.1, 0.15) is 50.9 Å². The van der Waals surface area contributed by atoms with Crippen LogP contribution in [0.4, 0.5) is 0 Å². The van der Waals surface area contributed by atoms with Gasteiger partial charge >= 0.3 is 0 Å². The monoisotopic (exact) mass is 342 g/mol. The second-order valence-corrected chi connectivity index (χ2v) is 7.31. The van der Waals surface area contributed by atoms with Gasteiger partial charge in [0.1, 0.15) is 10.6 Å². The van der Waals surface area contributed by atoms with Crippen LogP contribution in [0.25, 0.3) is 0 Å². The molecule has 130 valence electrons. The third-order valence-electron chi connectivity index (χ3n) is 3.43. The number of carbonyl (C=O) groups is 1. The molecule has 0 fully saturated rings.